The minimum atomic E-state index is -1.25. The van der Waals surface area contributed by atoms with Crippen LogP contribution in [0.15, 0.2) is 0 Å². The average Bonchev–Trinajstić information content (AvgIpc) is 2.78. The fraction of sp³-hybridized carbons (Fsp3) is 0.750. The molecule has 1 fully saturated rings. The van der Waals surface area contributed by atoms with E-state index in [2.05, 4.69) is 10.6 Å². The van der Waals surface area contributed by atoms with Crippen LogP contribution in [-0.2, 0) is 4.79 Å². The van der Waals surface area contributed by atoms with E-state index < -0.39 is 24.6 Å². The number of nitrogens with one attached hydrogen (secondary N) is 2. The molecule has 0 aromatic rings. The summed E-state index contributed by atoms with van der Waals surface area (Å²) in [6, 6.07) is -1.79. The number of carbonyl (C=O) groups excluding carboxylic acids is 1. The molecule has 0 spiro atoms. The summed E-state index contributed by atoms with van der Waals surface area (Å²) in [5.74, 6) is -1.25. The van der Waals surface area contributed by atoms with Gasteiger partial charge in [-0.3, -0.25) is 0 Å². The average molecular weight is 202 g/mol. The largest absolute Gasteiger partial charge is 0.480 e. The van der Waals surface area contributed by atoms with Gasteiger partial charge in [0.25, 0.3) is 0 Å². The Kier molecular flexibility index (Phi) is 2.95. The Balaban J connectivity index is 2.34. The Hall–Kier alpha value is -1.30. The second-order valence-electron chi connectivity index (χ2n) is 3.73. The van der Waals surface area contributed by atoms with Gasteiger partial charge in [0.15, 0.2) is 6.04 Å². The molecule has 1 saturated carbocycles. The lowest BCUT2D eigenvalue weighted by Crippen LogP contribution is -2.50. The van der Waals surface area contributed by atoms with Crippen LogP contribution >= 0.6 is 0 Å². The van der Waals surface area contributed by atoms with Gasteiger partial charge in [-0.1, -0.05) is 0 Å². The van der Waals surface area contributed by atoms with Crippen molar-refractivity contribution in [1.82, 2.24) is 10.6 Å². The molecular formula is C8H14N2O4. The lowest BCUT2D eigenvalue weighted by molar-refractivity contribution is -0.140. The fourth-order valence-electron chi connectivity index (χ4n) is 0.966. The van der Waals surface area contributed by atoms with Crippen LogP contribution in [0.2, 0.25) is 0 Å². The van der Waals surface area contributed by atoms with E-state index in [4.69, 9.17) is 10.2 Å². The molecule has 0 aromatic carbocycles. The van der Waals surface area contributed by atoms with E-state index in [1.54, 1.807) is 0 Å². The first-order chi connectivity index (χ1) is 6.47. The monoisotopic (exact) mass is 202 g/mol. The smallest absolute Gasteiger partial charge is 0.328 e. The number of rotatable bonds is 4. The maximum Gasteiger partial charge on any atom is 0.328 e. The number of hydrogen-bond acceptors (Lipinski definition) is 3. The molecule has 0 bridgehead atoms. The zero-order valence-electron chi connectivity index (χ0n) is 7.91. The normalized spacial score (nSPS) is 19.6. The summed E-state index contributed by atoms with van der Waals surface area (Å²) in [4.78, 5) is 21.6. The van der Waals surface area contributed by atoms with E-state index in [9.17, 15) is 9.59 Å². The Bertz CT molecular complexity index is 250. The van der Waals surface area contributed by atoms with Crippen molar-refractivity contribution >= 4 is 12.0 Å². The summed E-state index contributed by atoms with van der Waals surface area (Å²) in [6.07, 6.45) is 1.80. The quantitative estimate of drug-likeness (QED) is 0.483. The number of carbonyl (C=O) groups is 2. The zero-order valence-corrected chi connectivity index (χ0v) is 7.91. The van der Waals surface area contributed by atoms with E-state index in [0.29, 0.717) is 0 Å². The summed E-state index contributed by atoms with van der Waals surface area (Å²) in [5, 5.41) is 22.0. The summed E-state index contributed by atoms with van der Waals surface area (Å²) in [5.41, 5.74) is -0.192. The Morgan fingerprint density at radius 3 is 2.43 bits per heavy atom. The number of aliphatic carboxylic acids is 1. The number of hydrogen-bond donors (Lipinski definition) is 4. The van der Waals surface area contributed by atoms with E-state index in [1.807, 2.05) is 6.92 Å². The van der Waals surface area contributed by atoms with Crippen LogP contribution < -0.4 is 10.6 Å². The molecule has 1 unspecified atom stereocenters. The Morgan fingerprint density at radius 1 is 1.50 bits per heavy atom. The highest BCUT2D eigenvalue weighted by Crippen LogP contribution is 2.33. The second-order valence-corrected chi connectivity index (χ2v) is 3.73. The van der Waals surface area contributed by atoms with Crippen LogP contribution in [0, 0.1) is 0 Å². The Labute approximate surface area is 81.3 Å². The van der Waals surface area contributed by atoms with Gasteiger partial charge in [0, 0.05) is 5.54 Å². The maximum atomic E-state index is 11.2. The van der Waals surface area contributed by atoms with Crippen molar-refractivity contribution in [1.29, 1.82) is 0 Å². The molecule has 4 N–H and O–H groups in total. The summed E-state index contributed by atoms with van der Waals surface area (Å²) in [7, 11) is 0. The highest BCUT2D eigenvalue weighted by atomic mass is 16.4. The van der Waals surface area contributed by atoms with Crippen molar-refractivity contribution in [3.8, 4) is 0 Å². The summed E-state index contributed by atoms with van der Waals surface area (Å²) < 4.78 is 0. The van der Waals surface area contributed by atoms with Gasteiger partial charge < -0.3 is 20.8 Å². The lowest BCUT2D eigenvalue weighted by Gasteiger charge is -2.15. The van der Waals surface area contributed by atoms with E-state index in [1.165, 1.54) is 0 Å². The van der Waals surface area contributed by atoms with E-state index in [0.717, 1.165) is 12.8 Å². The third kappa shape index (κ3) is 2.88. The molecule has 1 aliphatic carbocycles. The fourth-order valence-corrected chi connectivity index (χ4v) is 0.966. The second kappa shape index (κ2) is 3.83. The first-order valence-electron chi connectivity index (χ1n) is 4.39. The van der Waals surface area contributed by atoms with Crippen molar-refractivity contribution in [2.24, 2.45) is 0 Å². The van der Waals surface area contributed by atoms with Crippen LogP contribution in [0.4, 0.5) is 4.79 Å². The third-order valence-corrected chi connectivity index (χ3v) is 2.20. The highest BCUT2D eigenvalue weighted by molar-refractivity contribution is 5.83. The molecule has 1 atom stereocenters. The van der Waals surface area contributed by atoms with Gasteiger partial charge >= 0.3 is 12.0 Å². The molecule has 2 amide bonds. The molecule has 0 aliphatic heterocycles. The number of aliphatic hydroxyl groups excluding tert-OH is 1. The number of amides is 2. The Morgan fingerprint density at radius 2 is 2.07 bits per heavy atom. The number of aliphatic hydroxyl groups is 1. The molecule has 1 aliphatic rings. The van der Waals surface area contributed by atoms with E-state index in [-0.39, 0.29) is 5.54 Å². The van der Waals surface area contributed by atoms with Crippen molar-refractivity contribution in [2.45, 2.75) is 31.3 Å². The first-order valence-corrected chi connectivity index (χ1v) is 4.39. The summed E-state index contributed by atoms with van der Waals surface area (Å²) >= 11 is 0. The van der Waals surface area contributed by atoms with Gasteiger partial charge in [0.05, 0.1) is 6.61 Å². The van der Waals surface area contributed by atoms with Crippen LogP contribution in [0.25, 0.3) is 0 Å². The molecule has 0 saturated heterocycles. The lowest BCUT2D eigenvalue weighted by atomic mass is 10.3. The van der Waals surface area contributed by atoms with Crippen LogP contribution in [0.5, 0.6) is 0 Å². The van der Waals surface area contributed by atoms with Crippen molar-refractivity contribution in [2.75, 3.05) is 6.61 Å². The molecule has 0 aromatic heterocycles. The molecule has 80 valence electrons. The van der Waals surface area contributed by atoms with Crippen LogP contribution in [0.3, 0.4) is 0 Å². The highest BCUT2D eigenvalue weighted by Gasteiger charge is 2.39. The molecule has 1 rings (SSSR count). The van der Waals surface area contributed by atoms with Crippen molar-refractivity contribution < 1.29 is 19.8 Å². The molecule has 14 heavy (non-hydrogen) atoms. The maximum absolute atomic E-state index is 11.2. The molecule has 0 heterocycles. The molecule has 6 nitrogen and oxygen atoms in total. The van der Waals surface area contributed by atoms with Gasteiger partial charge in [-0.15, -0.1) is 0 Å². The van der Waals surface area contributed by atoms with Crippen molar-refractivity contribution in [3.63, 3.8) is 0 Å². The van der Waals surface area contributed by atoms with Gasteiger partial charge in [-0.05, 0) is 19.8 Å². The number of carboxylic acids is 1. The topological polar surface area (TPSA) is 98.7 Å². The zero-order chi connectivity index (χ0) is 10.8. The van der Waals surface area contributed by atoms with Crippen LogP contribution in [0.1, 0.15) is 19.8 Å². The SMILES string of the molecule is CC1(NC(=O)NC(CO)C(=O)O)CC1. The predicted octanol–water partition coefficient (Wildman–Crippen LogP) is -0.716. The van der Waals surface area contributed by atoms with Gasteiger partial charge in [0.2, 0.25) is 0 Å². The first kappa shape index (κ1) is 10.8. The van der Waals surface area contributed by atoms with Gasteiger partial charge in [-0.2, -0.15) is 0 Å². The minimum Gasteiger partial charge on any atom is -0.480 e. The van der Waals surface area contributed by atoms with E-state index >= 15 is 0 Å². The molecule has 6 heteroatoms. The minimum absolute atomic E-state index is 0.192. The number of urea groups is 1. The van der Waals surface area contributed by atoms with Crippen LogP contribution in [-0.4, -0.2) is 40.4 Å². The summed E-state index contributed by atoms with van der Waals surface area (Å²) in [6.45, 7) is 1.26. The standard InChI is InChI=1S/C8H14N2O4/c1-8(2-3-8)10-7(14)9-5(4-11)6(12)13/h5,11H,2-4H2,1H3,(H,12,13)(H2,9,10,14). The van der Waals surface area contributed by atoms with Gasteiger partial charge in [0.1, 0.15) is 0 Å². The molecular weight excluding hydrogens is 188 g/mol. The third-order valence-electron chi connectivity index (χ3n) is 2.20. The predicted molar refractivity (Wildman–Crippen MR) is 47.8 cm³/mol. The van der Waals surface area contributed by atoms with Gasteiger partial charge in [-0.25, -0.2) is 9.59 Å². The van der Waals surface area contributed by atoms with Crippen molar-refractivity contribution in [3.05, 3.63) is 0 Å². The number of carboxylic acid groups (broad SMARTS) is 1. The molecule has 0 radical (unpaired) electrons.